The molecule has 0 saturated heterocycles. The number of carbonyl (C=O) groups excluding carboxylic acids is 1. The molecule has 0 saturated carbocycles. The molecule has 4 aromatic carbocycles. The first-order valence-electron chi connectivity index (χ1n) is 10.5. The van der Waals surface area contributed by atoms with Crippen molar-refractivity contribution < 1.29 is 9.53 Å². The van der Waals surface area contributed by atoms with Crippen LogP contribution in [0.3, 0.4) is 0 Å². The topological polar surface area (TPSA) is 62.1 Å². The summed E-state index contributed by atoms with van der Waals surface area (Å²) < 4.78 is 5.96. The van der Waals surface area contributed by atoms with E-state index in [2.05, 4.69) is 5.32 Å². The van der Waals surface area contributed by atoms with Gasteiger partial charge >= 0.3 is 0 Å². The fourth-order valence-electron chi connectivity index (χ4n) is 3.52. The molecular weight excluding hydrogens is 467 g/mol. The zero-order valence-electron chi connectivity index (χ0n) is 18.3. The lowest BCUT2D eigenvalue weighted by Crippen LogP contribution is -2.13. The van der Waals surface area contributed by atoms with Gasteiger partial charge in [-0.3, -0.25) is 4.79 Å². The van der Waals surface area contributed by atoms with Gasteiger partial charge in [-0.05, 0) is 59.2 Å². The molecule has 0 spiro atoms. The zero-order chi connectivity index (χ0) is 24.1. The highest BCUT2D eigenvalue weighted by molar-refractivity contribution is 6.37. The number of ether oxygens (including phenoxy) is 1. The number of hydrogen-bond donors (Lipinski definition) is 1. The van der Waals surface area contributed by atoms with E-state index in [9.17, 15) is 10.1 Å². The van der Waals surface area contributed by atoms with Crippen LogP contribution in [0.5, 0.6) is 5.75 Å². The zero-order valence-corrected chi connectivity index (χ0v) is 19.8. The van der Waals surface area contributed by atoms with Crippen molar-refractivity contribution in [2.45, 2.75) is 13.5 Å². The number of rotatable bonds is 6. The van der Waals surface area contributed by atoms with Crippen molar-refractivity contribution in [1.29, 1.82) is 5.26 Å². The first kappa shape index (κ1) is 23.4. The molecule has 1 N–H and O–H groups in total. The first-order valence-corrected chi connectivity index (χ1v) is 11.3. The summed E-state index contributed by atoms with van der Waals surface area (Å²) in [5, 5.41) is 15.0. The van der Waals surface area contributed by atoms with Crippen molar-refractivity contribution >= 4 is 51.6 Å². The highest BCUT2D eigenvalue weighted by atomic mass is 35.5. The van der Waals surface area contributed by atoms with E-state index in [1.807, 2.05) is 67.6 Å². The molecule has 0 radical (unpaired) electrons. The van der Waals surface area contributed by atoms with Crippen LogP contribution in [-0.2, 0) is 11.4 Å². The minimum absolute atomic E-state index is 0.0721. The second-order valence-electron chi connectivity index (χ2n) is 7.73. The minimum atomic E-state index is -0.519. The van der Waals surface area contributed by atoms with E-state index in [1.165, 1.54) is 6.08 Å². The molecule has 34 heavy (non-hydrogen) atoms. The van der Waals surface area contributed by atoms with Crippen molar-refractivity contribution in [2.24, 2.45) is 0 Å². The Hall–Kier alpha value is -3.78. The van der Waals surface area contributed by atoms with Gasteiger partial charge in [-0.2, -0.15) is 5.26 Å². The summed E-state index contributed by atoms with van der Waals surface area (Å²) in [6, 6.07) is 26.5. The second-order valence-corrected chi connectivity index (χ2v) is 8.54. The van der Waals surface area contributed by atoms with Crippen molar-refractivity contribution in [3.63, 3.8) is 0 Å². The summed E-state index contributed by atoms with van der Waals surface area (Å²) in [6.45, 7) is 2.24. The van der Waals surface area contributed by atoms with Gasteiger partial charge in [0.2, 0.25) is 0 Å². The van der Waals surface area contributed by atoms with Crippen molar-refractivity contribution in [3.05, 3.63) is 111 Å². The Morgan fingerprint density at radius 3 is 2.38 bits per heavy atom. The average Bonchev–Trinajstić information content (AvgIpc) is 2.83. The molecule has 0 bridgehead atoms. The Balaban J connectivity index is 1.53. The van der Waals surface area contributed by atoms with Crippen molar-refractivity contribution in [3.8, 4) is 11.8 Å². The van der Waals surface area contributed by atoms with Gasteiger partial charge in [0.25, 0.3) is 5.91 Å². The van der Waals surface area contributed by atoms with Gasteiger partial charge in [0, 0.05) is 5.69 Å². The molecule has 1 amide bonds. The minimum Gasteiger partial charge on any atom is -0.486 e. The number of benzene rings is 4. The molecule has 0 unspecified atom stereocenters. The molecule has 0 heterocycles. The van der Waals surface area contributed by atoms with E-state index in [1.54, 1.807) is 24.3 Å². The van der Waals surface area contributed by atoms with E-state index in [-0.39, 0.29) is 15.6 Å². The Bertz CT molecular complexity index is 1410. The lowest BCUT2D eigenvalue weighted by Gasteiger charge is -2.13. The average molecular weight is 487 g/mol. The van der Waals surface area contributed by atoms with Gasteiger partial charge < -0.3 is 10.1 Å². The highest BCUT2D eigenvalue weighted by Crippen LogP contribution is 2.36. The standard InChI is InChI=1S/C28H20Cl2N2O2/c1-18-9-11-23(12-10-18)32-28(33)22(16-31)13-19-14-25(29)27(26(30)15-19)34-17-21-7-4-6-20-5-2-3-8-24(20)21/h2-15H,17H2,1H3,(H,32,33)/b22-13+. The molecule has 0 atom stereocenters. The van der Waals surface area contributed by atoms with Gasteiger partial charge in [0.1, 0.15) is 18.2 Å². The molecule has 168 valence electrons. The number of nitriles is 1. The first-order chi connectivity index (χ1) is 16.4. The van der Waals surface area contributed by atoms with E-state index < -0.39 is 5.91 Å². The molecule has 6 heteroatoms. The molecule has 0 aliphatic rings. The molecule has 4 nitrogen and oxygen atoms in total. The third-order valence-corrected chi connectivity index (χ3v) is 5.82. The molecule has 0 aromatic heterocycles. The normalized spacial score (nSPS) is 11.2. The SMILES string of the molecule is Cc1ccc(NC(=O)/C(C#N)=C/c2cc(Cl)c(OCc3cccc4ccccc34)c(Cl)c2)cc1. The van der Waals surface area contributed by atoms with Gasteiger partial charge in [-0.25, -0.2) is 0 Å². The molecule has 4 aromatic rings. The predicted molar refractivity (Wildman–Crippen MR) is 138 cm³/mol. The number of halogens is 2. The smallest absolute Gasteiger partial charge is 0.266 e. The highest BCUT2D eigenvalue weighted by Gasteiger charge is 2.14. The van der Waals surface area contributed by atoms with Crippen molar-refractivity contribution in [2.75, 3.05) is 5.32 Å². The van der Waals surface area contributed by atoms with Gasteiger partial charge in [0.15, 0.2) is 5.75 Å². The lowest BCUT2D eigenvalue weighted by atomic mass is 10.1. The number of amides is 1. The van der Waals surface area contributed by atoms with Crippen LogP contribution in [0.1, 0.15) is 16.7 Å². The summed E-state index contributed by atoms with van der Waals surface area (Å²) in [7, 11) is 0. The van der Waals surface area contributed by atoms with Crippen LogP contribution >= 0.6 is 23.2 Å². The molecule has 4 rings (SSSR count). The molecule has 0 aliphatic heterocycles. The summed E-state index contributed by atoms with van der Waals surface area (Å²) in [5.74, 6) is -0.175. The summed E-state index contributed by atoms with van der Waals surface area (Å²) in [4.78, 5) is 12.5. The van der Waals surface area contributed by atoms with E-state index in [0.717, 1.165) is 21.9 Å². The van der Waals surface area contributed by atoms with Crippen LogP contribution < -0.4 is 10.1 Å². The van der Waals surface area contributed by atoms with Crippen molar-refractivity contribution in [1.82, 2.24) is 0 Å². The maximum atomic E-state index is 12.5. The number of fused-ring (bicyclic) bond motifs is 1. The Morgan fingerprint density at radius 2 is 1.68 bits per heavy atom. The van der Waals surface area contributed by atoms with Crippen LogP contribution in [0.15, 0.2) is 84.4 Å². The molecule has 0 aliphatic carbocycles. The Labute approximate surface area is 208 Å². The monoisotopic (exact) mass is 486 g/mol. The van der Waals surface area contributed by atoms with Crippen LogP contribution in [-0.4, -0.2) is 5.91 Å². The van der Waals surface area contributed by atoms with E-state index in [0.29, 0.717) is 23.6 Å². The van der Waals surface area contributed by atoms with Crippen LogP contribution in [0, 0.1) is 18.3 Å². The maximum Gasteiger partial charge on any atom is 0.266 e. The van der Waals surface area contributed by atoms with Crippen LogP contribution in [0.2, 0.25) is 10.0 Å². The Kier molecular flexibility index (Phi) is 7.18. The number of anilines is 1. The Morgan fingerprint density at radius 1 is 1.00 bits per heavy atom. The fraction of sp³-hybridized carbons (Fsp3) is 0.0714. The number of aryl methyl sites for hydroxylation is 1. The third-order valence-electron chi connectivity index (χ3n) is 5.26. The lowest BCUT2D eigenvalue weighted by molar-refractivity contribution is -0.112. The van der Waals surface area contributed by atoms with Gasteiger partial charge in [-0.1, -0.05) is 83.4 Å². The quantitative estimate of drug-likeness (QED) is 0.225. The van der Waals surface area contributed by atoms with Gasteiger partial charge in [-0.15, -0.1) is 0 Å². The number of hydrogen-bond acceptors (Lipinski definition) is 3. The fourth-order valence-corrected chi connectivity index (χ4v) is 4.13. The van der Waals surface area contributed by atoms with Gasteiger partial charge in [0.05, 0.1) is 10.0 Å². The predicted octanol–water partition coefficient (Wildman–Crippen LogP) is 7.58. The number of nitrogens with zero attached hydrogens (tertiary/aromatic N) is 1. The van der Waals surface area contributed by atoms with E-state index in [4.69, 9.17) is 27.9 Å². The summed E-state index contributed by atoms with van der Waals surface area (Å²) >= 11 is 12.9. The van der Waals surface area contributed by atoms with E-state index >= 15 is 0 Å². The third kappa shape index (κ3) is 5.40. The summed E-state index contributed by atoms with van der Waals surface area (Å²) in [6.07, 6.45) is 1.44. The number of nitrogens with one attached hydrogen (secondary N) is 1. The molecular formula is C28H20Cl2N2O2. The van der Waals surface area contributed by atoms with Crippen LogP contribution in [0.25, 0.3) is 16.8 Å². The molecule has 0 fully saturated rings. The van der Waals surface area contributed by atoms with Crippen LogP contribution in [0.4, 0.5) is 5.69 Å². The largest absolute Gasteiger partial charge is 0.486 e. The second kappa shape index (κ2) is 10.4. The number of carbonyl (C=O) groups is 1. The summed E-state index contributed by atoms with van der Waals surface area (Å²) in [5.41, 5.74) is 3.13. The maximum absolute atomic E-state index is 12.5.